The number of ether oxygens (including phenoxy) is 1. The number of rotatable bonds is 6. The zero-order valence-corrected chi connectivity index (χ0v) is 16.3. The molecule has 3 rings (SSSR count). The predicted molar refractivity (Wildman–Crippen MR) is 108 cm³/mol. The fourth-order valence-electron chi connectivity index (χ4n) is 2.94. The van der Waals surface area contributed by atoms with Gasteiger partial charge in [0.25, 0.3) is 5.91 Å². The molecule has 1 saturated heterocycles. The van der Waals surface area contributed by atoms with Gasteiger partial charge in [0, 0.05) is 23.7 Å². The Labute approximate surface area is 164 Å². The number of nitrogens with one attached hydrogen (secondary N) is 1. The van der Waals surface area contributed by atoms with Crippen LogP contribution in [0.5, 0.6) is 0 Å². The van der Waals surface area contributed by atoms with Crippen molar-refractivity contribution in [2.45, 2.75) is 18.2 Å². The Balaban J connectivity index is 1.60. The Bertz CT molecular complexity index is 786. The maximum absolute atomic E-state index is 12.6. The first-order valence-electron chi connectivity index (χ1n) is 9.15. The number of hydrogen-bond donors (Lipinski definition) is 1. The Kier molecular flexibility index (Phi) is 6.90. The zero-order chi connectivity index (χ0) is 19.1. The smallest absolute Gasteiger partial charge is 0.256 e. The first-order chi connectivity index (χ1) is 13.2. The molecule has 2 aromatic carbocycles. The molecule has 142 valence electrons. The van der Waals surface area contributed by atoms with Crippen molar-refractivity contribution < 1.29 is 14.3 Å². The minimum absolute atomic E-state index is 0.112. The lowest BCUT2D eigenvalue weighted by Crippen LogP contribution is -2.41. The first kappa shape index (κ1) is 19.5. The topological polar surface area (TPSA) is 58.6 Å². The molecule has 1 heterocycles. The van der Waals surface area contributed by atoms with Crippen LogP contribution in [0.1, 0.15) is 22.8 Å². The summed E-state index contributed by atoms with van der Waals surface area (Å²) in [5.41, 5.74) is 2.33. The average molecular weight is 385 g/mol. The van der Waals surface area contributed by atoms with Gasteiger partial charge in [-0.05, 0) is 35.6 Å². The van der Waals surface area contributed by atoms with Crippen LogP contribution in [-0.4, -0.2) is 48.8 Å². The Morgan fingerprint density at radius 1 is 1.07 bits per heavy atom. The van der Waals surface area contributed by atoms with Crippen LogP contribution in [-0.2, 0) is 16.0 Å². The standard InChI is InChI=1S/C21H24N2O3S/c1-2-27-19-6-4-3-5-18(19)21(25)22-17-9-7-16(8-10-17)15-20(24)23-11-13-26-14-12-23/h3-10H,2,11-15H2,1H3,(H,22,25). The molecule has 0 bridgehead atoms. The Morgan fingerprint density at radius 3 is 2.48 bits per heavy atom. The SMILES string of the molecule is CCSc1ccccc1C(=O)Nc1ccc(CC(=O)N2CCOCC2)cc1. The normalized spacial score (nSPS) is 14.0. The van der Waals surface area contributed by atoms with Gasteiger partial charge in [-0.2, -0.15) is 0 Å². The molecule has 27 heavy (non-hydrogen) atoms. The van der Waals surface area contributed by atoms with Crippen LogP contribution in [0, 0.1) is 0 Å². The van der Waals surface area contributed by atoms with Crippen LogP contribution in [0.3, 0.4) is 0 Å². The van der Waals surface area contributed by atoms with Crippen molar-refractivity contribution in [1.29, 1.82) is 0 Å². The lowest BCUT2D eigenvalue weighted by atomic mass is 10.1. The molecule has 1 N–H and O–H groups in total. The predicted octanol–water partition coefficient (Wildman–Crippen LogP) is 3.45. The second kappa shape index (κ2) is 9.58. The quantitative estimate of drug-likeness (QED) is 0.775. The van der Waals surface area contributed by atoms with E-state index < -0.39 is 0 Å². The van der Waals surface area contributed by atoms with Crippen LogP contribution in [0.15, 0.2) is 53.4 Å². The summed E-state index contributed by atoms with van der Waals surface area (Å²) < 4.78 is 5.28. The number of amides is 2. The van der Waals surface area contributed by atoms with E-state index >= 15 is 0 Å². The summed E-state index contributed by atoms with van der Waals surface area (Å²) >= 11 is 1.65. The van der Waals surface area contributed by atoms with E-state index in [4.69, 9.17) is 4.74 Å². The summed E-state index contributed by atoms with van der Waals surface area (Å²) in [6.07, 6.45) is 0.365. The van der Waals surface area contributed by atoms with E-state index in [1.165, 1.54) is 0 Å². The van der Waals surface area contributed by atoms with Crippen LogP contribution in [0.4, 0.5) is 5.69 Å². The van der Waals surface area contributed by atoms with Crippen LogP contribution >= 0.6 is 11.8 Å². The van der Waals surface area contributed by atoms with E-state index in [2.05, 4.69) is 12.2 Å². The third-order valence-corrected chi connectivity index (χ3v) is 5.32. The number of hydrogen-bond acceptors (Lipinski definition) is 4. The molecule has 0 saturated carbocycles. The van der Waals surface area contributed by atoms with Gasteiger partial charge in [0.2, 0.25) is 5.91 Å². The molecule has 0 radical (unpaired) electrons. The van der Waals surface area contributed by atoms with E-state index in [9.17, 15) is 9.59 Å². The van der Waals surface area contributed by atoms with Gasteiger partial charge in [-0.25, -0.2) is 0 Å². The van der Waals surface area contributed by atoms with E-state index in [1.54, 1.807) is 11.8 Å². The van der Waals surface area contributed by atoms with Crippen molar-refractivity contribution in [3.05, 3.63) is 59.7 Å². The number of thioether (sulfide) groups is 1. The highest BCUT2D eigenvalue weighted by Crippen LogP contribution is 2.23. The molecule has 1 fully saturated rings. The molecule has 0 unspecified atom stereocenters. The molecule has 6 heteroatoms. The number of carbonyl (C=O) groups is 2. The maximum Gasteiger partial charge on any atom is 0.256 e. The van der Waals surface area contributed by atoms with Gasteiger partial charge in [0.15, 0.2) is 0 Å². The lowest BCUT2D eigenvalue weighted by Gasteiger charge is -2.26. The largest absolute Gasteiger partial charge is 0.378 e. The van der Waals surface area contributed by atoms with Crippen LogP contribution in [0.2, 0.25) is 0 Å². The zero-order valence-electron chi connectivity index (χ0n) is 15.4. The fourth-order valence-corrected chi connectivity index (χ4v) is 3.74. The van der Waals surface area contributed by atoms with Gasteiger partial charge < -0.3 is 15.0 Å². The van der Waals surface area contributed by atoms with Crippen molar-refractivity contribution >= 4 is 29.3 Å². The van der Waals surface area contributed by atoms with Gasteiger partial charge >= 0.3 is 0 Å². The Hall–Kier alpha value is -2.31. The van der Waals surface area contributed by atoms with E-state index in [-0.39, 0.29) is 11.8 Å². The fraction of sp³-hybridized carbons (Fsp3) is 0.333. The summed E-state index contributed by atoms with van der Waals surface area (Å²) in [5.74, 6) is 0.903. The second-order valence-electron chi connectivity index (χ2n) is 6.25. The van der Waals surface area contributed by atoms with Gasteiger partial charge in [-0.15, -0.1) is 11.8 Å². The molecule has 1 aliphatic heterocycles. The molecular formula is C21H24N2O3S. The number of anilines is 1. The molecule has 2 amide bonds. The molecule has 0 atom stereocenters. The number of carbonyl (C=O) groups excluding carboxylic acids is 2. The van der Waals surface area contributed by atoms with Crippen LogP contribution in [0.25, 0.3) is 0 Å². The Morgan fingerprint density at radius 2 is 1.78 bits per heavy atom. The summed E-state index contributed by atoms with van der Waals surface area (Å²) in [6, 6.07) is 15.1. The highest BCUT2D eigenvalue weighted by Gasteiger charge is 2.17. The van der Waals surface area contributed by atoms with Crippen molar-refractivity contribution in [2.24, 2.45) is 0 Å². The average Bonchev–Trinajstić information content (AvgIpc) is 2.71. The molecule has 0 aromatic heterocycles. The molecule has 0 spiro atoms. The van der Waals surface area contributed by atoms with Crippen LogP contribution < -0.4 is 5.32 Å². The summed E-state index contributed by atoms with van der Waals surface area (Å²) in [7, 11) is 0. The molecule has 5 nitrogen and oxygen atoms in total. The molecule has 0 aliphatic carbocycles. The second-order valence-corrected chi connectivity index (χ2v) is 7.56. The van der Waals surface area contributed by atoms with E-state index in [0.717, 1.165) is 21.9 Å². The van der Waals surface area contributed by atoms with Gasteiger partial charge in [0.1, 0.15) is 0 Å². The molecule has 1 aliphatic rings. The maximum atomic E-state index is 12.6. The first-order valence-corrected chi connectivity index (χ1v) is 10.1. The number of benzene rings is 2. The minimum atomic E-state index is -0.122. The van der Waals surface area contributed by atoms with Crippen molar-refractivity contribution in [1.82, 2.24) is 4.90 Å². The number of nitrogens with zero attached hydrogens (tertiary/aromatic N) is 1. The van der Waals surface area contributed by atoms with Crippen molar-refractivity contribution in [2.75, 3.05) is 37.4 Å². The van der Waals surface area contributed by atoms with E-state index in [0.29, 0.717) is 38.3 Å². The minimum Gasteiger partial charge on any atom is -0.378 e. The highest BCUT2D eigenvalue weighted by molar-refractivity contribution is 7.99. The van der Waals surface area contributed by atoms with Crippen molar-refractivity contribution in [3.63, 3.8) is 0 Å². The van der Waals surface area contributed by atoms with Gasteiger partial charge in [-0.3, -0.25) is 9.59 Å². The monoisotopic (exact) mass is 384 g/mol. The molecular weight excluding hydrogens is 360 g/mol. The third-order valence-electron chi connectivity index (χ3n) is 4.36. The summed E-state index contributed by atoms with van der Waals surface area (Å²) in [6.45, 7) is 4.59. The van der Waals surface area contributed by atoms with Gasteiger partial charge in [-0.1, -0.05) is 31.2 Å². The summed E-state index contributed by atoms with van der Waals surface area (Å²) in [4.78, 5) is 27.7. The summed E-state index contributed by atoms with van der Waals surface area (Å²) in [5, 5.41) is 2.94. The highest BCUT2D eigenvalue weighted by atomic mass is 32.2. The lowest BCUT2D eigenvalue weighted by molar-refractivity contribution is -0.134. The third kappa shape index (κ3) is 5.34. The molecule has 2 aromatic rings. The van der Waals surface area contributed by atoms with Crippen molar-refractivity contribution in [3.8, 4) is 0 Å². The van der Waals surface area contributed by atoms with E-state index in [1.807, 2.05) is 53.4 Å². The number of morpholine rings is 1. The van der Waals surface area contributed by atoms with Gasteiger partial charge in [0.05, 0.1) is 25.2 Å².